The first kappa shape index (κ1) is 26.9. The molecular weight excluding hydrogens is 480 g/mol. The van der Waals surface area contributed by atoms with Crippen LogP contribution >= 0.6 is 11.8 Å². The van der Waals surface area contributed by atoms with Crippen molar-refractivity contribution in [2.24, 2.45) is 10.2 Å². The van der Waals surface area contributed by atoms with Crippen LogP contribution in [0.2, 0.25) is 0 Å². The molecule has 190 valence electrons. The number of carbonyl (C=O) groups excluding carboxylic acids is 3. The summed E-state index contributed by atoms with van der Waals surface area (Å²) < 4.78 is 10.9. The zero-order chi connectivity index (χ0) is 25.9. The van der Waals surface area contributed by atoms with Gasteiger partial charge in [-0.2, -0.15) is 5.10 Å². The fraction of sp³-hybridized carbons (Fsp3) is 0.346. The zero-order valence-corrected chi connectivity index (χ0v) is 21.4. The molecule has 3 rings (SSSR count). The summed E-state index contributed by atoms with van der Waals surface area (Å²) in [5.74, 6) is -0.100. The molecule has 9 nitrogen and oxygen atoms in total. The summed E-state index contributed by atoms with van der Waals surface area (Å²) in [6, 6.07) is 17.4. The van der Waals surface area contributed by atoms with Crippen molar-refractivity contribution in [2.45, 2.75) is 45.5 Å². The average molecular weight is 511 g/mol. The Morgan fingerprint density at radius 1 is 1.06 bits per heavy atom. The van der Waals surface area contributed by atoms with Crippen LogP contribution in [-0.2, 0) is 27.4 Å². The minimum absolute atomic E-state index is 0.126. The van der Waals surface area contributed by atoms with Gasteiger partial charge in [0.15, 0.2) is 5.17 Å². The molecule has 1 aliphatic heterocycles. The molecule has 0 radical (unpaired) electrons. The quantitative estimate of drug-likeness (QED) is 0.380. The summed E-state index contributed by atoms with van der Waals surface area (Å²) in [7, 11) is 0. The van der Waals surface area contributed by atoms with Gasteiger partial charge in [0.2, 0.25) is 11.8 Å². The highest BCUT2D eigenvalue weighted by molar-refractivity contribution is 8.15. The molecule has 0 spiro atoms. The van der Waals surface area contributed by atoms with Gasteiger partial charge in [0.1, 0.15) is 17.6 Å². The molecule has 2 aromatic carbocycles. The van der Waals surface area contributed by atoms with Crippen LogP contribution in [-0.4, -0.2) is 52.1 Å². The molecule has 0 saturated carbocycles. The van der Waals surface area contributed by atoms with Crippen molar-refractivity contribution in [3.63, 3.8) is 0 Å². The van der Waals surface area contributed by atoms with E-state index in [-0.39, 0.29) is 25.5 Å². The number of ether oxygens (including phenoxy) is 2. The second kappa shape index (κ2) is 13.4. The van der Waals surface area contributed by atoms with Crippen molar-refractivity contribution < 1.29 is 23.9 Å². The van der Waals surface area contributed by atoms with E-state index < -0.39 is 17.3 Å². The molecule has 0 aliphatic carbocycles. The average Bonchev–Trinajstić information content (AvgIpc) is 3.22. The number of nitrogens with zero attached hydrogens (tertiary/aromatic N) is 3. The number of rotatable bonds is 10. The Morgan fingerprint density at radius 3 is 2.44 bits per heavy atom. The van der Waals surface area contributed by atoms with Gasteiger partial charge in [-0.15, -0.1) is 5.10 Å². The zero-order valence-electron chi connectivity index (χ0n) is 20.6. The van der Waals surface area contributed by atoms with Crippen molar-refractivity contribution in [1.29, 1.82) is 0 Å². The largest absolute Gasteiger partial charge is 0.489 e. The maximum atomic E-state index is 13.0. The Labute approximate surface area is 214 Å². The number of benzene rings is 2. The summed E-state index contributed by atoms with van der Waals surface area (Å²) in [4.78, 5) is 38.8. The Kier molecular flexibility index (Phi) is 10.1. The van der Waals surface area contributed by atoms with Gasteiger partial charge in [0.25, 0.3) is 0 Å². The fourth-order valence-corrected chi connectivity index (χ4v) is 4.16. The first-order valence-electron chi connectivity index (χ1n) is 11.6. The fourth-order valence-electron chi connectivity index (χ4n) is 3.25. The minimum atomic E-state index is -0.728. The van der Waals surface area contributed by atoms with Crippen molar-refractivity contribution in [1.82, 2.24) is 10.2 Å². The van der Waals surface area contributed by atoms with Crippen LogP contribution in [0.15, 0.2) is 64.8 Å². The molecule has 3 amide bonds. The molecule has 1 saturated heterocycles. The Hall–Kier alpha value is -3.66. The van der Waals surface area contributed by atoms with Crippen LogP contribution < -0.4 is 10.1 Å². The SMILES string of the molecule is CCOC(=O)N(CCc1ccc(OCc2ccccc2)cc1)C(=O)CC1SC(=NN=C(C)C)NC1=O. The Bertz CT molecular complexity index is 1110. The van der Waals surface area contributed by atoms with E-state index in [9.17, 15) is 14.4 Å². The third-order valence-corrected chi connectivity index (χ3v) is 6.13. The normalized spacial score (nSPS) is 15.8. The summed E-state index contributed by atoms with van der Waals surface area (Å²) in [6.45, 7) is 5.98. The van der Waals surface area contributed by atoms with E-state index in [0.717, 1.165) is 39.2 Å². The van der Waals surface area contributed by atoms with Gasteiger partial charge in [0.05, 0.1) is 6.61 Å². The van der Waals surface area contributed by atoms with Crippen molar-refractivity contribution >= 4 is 40.5 Å². The van der Waals surface area contributed by atoms with E-state index in [1.807, 2.05) is 54.6 Å². The van der Waals surface area contributed by atoms with Gasteiger partial charge >= 0.3 is 6.09 Å². The lowest BCUT2D eigenvalue weighted by atomic mass is 10.1. The van der Waals surface area contributed by atoms with Crippen LogP contribution in [0.5, 0.6) is 5.75 Å². The molecule has 0 aromatic heterocycles. The summed E-state index contributed by atoms with van der Waals surface area (Å²) in [5, 5.41) is 10.1. The smallest absolute Gasteiger partial charge is 0.416 e. The predicted molar refractivity (Wildman–Crippen MR) is 140 cm³/mol. The van der Waals surface area contributed by atoms with E-state index in [4.69, 9.17) is 9.47 Å². The lowest BCUT2D eigenvalue weighted by Gasteiger charge is -2.21. The molecule has 10 heteroatoms. The van der Waals surface area contributed by atoms with Crippen LogP contribution in [0.1, 0.15) is 38.3 Å². The summed E-state index contributed by atoms with van der Waals surface area (Å²) >= 11 is 1.12. The highest BCUT2D eigenvalue weighted by Gasteiger charge is 2.35. The molecule has 1 unspecified atom stereocenters. The van der Waals surface area contributed by atoms with E-state index in [1.165, 1.54) is 0 Å². The lowest BCUT2D eigenvalue weighted by Crippen LogP contribution is -2.41. The summed E-state index contributed by atoms with van der Waals surface area (Å²) in [5.41, 5.74) is 2.74. The van der Waals surface area contributed by atoms with E-state index in [1.54, 1.807) is 20.8 Å². The Morgan fingerprint density at radius 2 is 1.78 bits per heavy atom. The van der Waals surface area contributed by atoms with Crippen LogP contribution in [0.4, 0.5) is 4.79 Å². The maximum absolute atomic E-state index is 13.0. The second-order valence-electron chi connectivity index (χ2n) is 8.16. The topological polar surface area (TPSA) is 110 Å². The van der Waals surface area contributed by atoms with Gasteiger partial charge in [-0.25, -0.2) is 9.69 Å². The minimum Gasteiger partial charge on any atom is -0.489 e. The van der Waals surface area contributed by atoms with E-state index in [2.05, 4.69) is 15.5 Å². The number of imide groups is 1. The number of amides is 3. The molecule has 1 fully saturated rings. The standard InChI is InChI=1S/C26H30N4O5S/c1-4-34-26(33)30(23(31)16-22-24(32)27-25(36-22)29-28-18(2)3)15-14-19-10-12-21(13-11-19)35-17-20-8-6-5-7-9-20/h5-13,22H,4,14-17H2,1-3H3,(H,27,29,32). The first-order valence-corrected chi connectivity index (χ1v) is 12.5. The second-order valence-corrected chi connectivity index (χ2v) is 9.36. The van der Waals surface area contributed by atoms with Crippen molar-refractivity contribution in [2.75, 3.05) is 13.2 Å². The predicted octanol–water partition coefficient (Wildman–Crippen LogP) is 4.17. The molecule has 1 N–H and O–H groups in total. The highest BCUT2D eigenvalue weighted by Crippen LogP contribution is 2.24. The summed E-state index contributed by atoms with van der Waals surface area (Å²) in [6.07, 6.45) is -0.450. The highest BCUT2D eigenvalue weighted by atomic mass is 32.2. The van der Waals surface area contributed by atoms with E-state index >= 15 is 0 Å². The number of carbonyl (C=O) groups is 3. The molecule has 2 aromatic rings. The molecular formula is C26H30N4O5S. The number of thioether (sulfide) groups is 1. The number of hydrogen-bond acceptors (Lipinski definition) is 8. The number of amidine groups is 1. The molecule has 36 heavy (non-hydrogen) atoms. The third kappa shape index (κ3) is 8.23. The van der Waals surface area contributed by atoms with Crippen LogP contribution in [0.3, 0.4) is 0 Å². The number of hydrogen-bond donors (Lipinski definition) is 1. The Balaban J connectivity index is 1.57. The molecule has 0 bridgehead atoms. The maximum Gasteiger partial charge on any atom is 0.416 e. The lowest BCUT2D eigenvalue weighted by molar-refractivity contribution is -0.131. The van der Waals surface area contributed by atoms with Gasteiger partial charge in [0, 0.05) is 18.7 Å². The number of nitrogens with one attached hydrogen (secondary N) is 1. The van der Waals surface area contributed by atoms with Crippen molar-refractivity contribution in [3.8, 4) is 5.75 Å². The third-order valence-electron chi connectivity index (χ3n) is 5.06. The van der Waals surface area contributed by atoms with Crippen molar-refractivity contribution in [3.05, 3.63) is 65.7 Å². The first-order chi connectivity index (χ1) is 17.4. The molecule has 1 aliphatic rings. The van der Waals surface area contributed by atoms with Gasteiger partial charge in [-0.3, -0.25) is 9.59 Å². The van der Waals surface area contributed by atoms with Gasteiger partial charge in [-0.05, 0) is 50.5 Å². The monoisotopic (exact) mass is 510 g/mol. The molecule has 1 atom stereocenters. The van der Waals surface area contributed by atoms with Gasteiger partial charge < -0.3 is 14.8 Å². The van der Waals surface area contributed by atoms with E-state index in [0.29, 0.717) is 18.2 Å². The van der Waals surface area contributed by atoms with Crippen LogP contribution in [0, 0.1) is 0 Å². The van der Waals surface area contributed by atoms with Crippen LogP contribution in [0.25, 0.3) is 0 Å². The van der Waals surface area contributed by atoms with Gasteiger partial charge in [-0.1, -0.05) is 54.2 Å². The molecule has 1 heterocycles.